The molecule has 3 saturated heterocycles. The lowest BCUT2D eigenvalue weighted by Gasteiger charge is -2.37. The zero-order valence-corrected chi connectivity index (χ0v) is 8.47. The van der Waals surface area contributed by atoms with Gasteiger partial charge in [0, 0.05) is 31.8 Å². The average Bonchev–Trinajstić information content (AvgIpc) is 2.80. The molecule has 0 aromatic rings. The van der Waals surface area contributed by atoms with Gasteiger partial charge in [-0.2, -0.15) is 0 Å². The Hall–Kier alpha value is -0.610. The zero-order chi connectivity index (χ0) is 9.87. The number of piperidine rings is 1. The lowest BCUT2D eigenvalue weighted by atomic mass is 9.99. The predicted octanol–water partition coefficient (Wildman–Crippen LogP) is 0.162. The third-order valence-electron chi connectivity index (χ3n) is 3.71. The molecule has 78 valence electrons. The number of rotatable bonds is 1. The van der Waals surface area contributed by atoms with Crippen LogP contribution in [0.2, 0.25) is 0 Å². The first-order valence-electron chi connectivity index (χ1n) is 5.21. The number of morpholine rings is 1. The quantitative estimate of drug-likeness (QED) is 0.443. The second-order valence-electron chi connectivity index (χ2n) is 4.57. The third-order valence-corrected chi connectivity index (χ3v) is 3.71. The second-order valence-corrected chi connectivity index (χ2v) is 4.57. The number of likely N-dealkylation sites (N-methyl/N-ethyl adjacent to an activating group) is 1. The van der Waals surface area contributed by atoms with E-state index in [9.17, 15) is 4.79 Å². The highest BCUT2D eigenvalue weighted by Crippen LogP contribution is 2.47. The molecule has 0 spiro atoms. The molecule has 3 aliphatic heterocycles. The molecule has 0 aromatic carbocycles. The van der Waals surface area contributed by atoms with Crippen LogP contribution >= 0.6 is 0 Å². The number of carbonyl (C=O) groups excluding carboxylic acids is 1. The number of ether oxygens (including phenoxy) is 2. The van der Waals surface area contributed by atoms with Crippen molar-refractivity contribution in [1.82, 2.24) is 4.90 Å². The van der Waals surface area contributed by atoms with Gasteiger partial charge in [0.05, 0.1) is 0 Å². The van der Waals surface area contributed by atoms with Crippen LogP contribution in [0, 0.1) is 0 Å². The fourth-order valence-corrected chi connectivity index (χ4v) is 3.03. The average molecular weight is 197 g/mol. The number of hydrogen-bond acceptors (Lipinski definition) is 4. The number of fused-ring (bicyclic) bond motifs is 5. The topological polar surface area (TPSA) is 42.1 Å². The number of carbonyl (C=O) groups is 1. The Morgan fingerprint density at radius 1 is 1.36 bits per heavy atom. The molecule has 5 atom stereocenters. The Bertz CT molecular complexity index is 263. The van der Waals surface area contributed by atoms with Crippen LogP contribution in [0.3, 0.4) is 0 Å². The molecule has 0 aromatic heterocycles. The van der Waals surface area contributed by atoms with E-state index in [0.29, 0.717) is 24.3 Å². The minimum atomic E-state index is -0.159. The second kappa shape index (κ2) is 2.70. The van der Waals surface area contributed by atoms with Gasteiger partial charge in [0.1, 0.15) is 18.3 Å². The zero-order valence-electron chi connectivity index (χ0n) is 8.47. The first kappa shape index (κ1) is 8.68. The summed E-state index contributed by atoms with van der Waals surface area (Å²) in [5.41, 5.74) is 0. The molecule has 3 fully saturated rings. The number of esters is 1. The minimum Gasteiger partial charge on any atom is -0.462 e. The first-order valence-corrected chi connectivity index (χ1v) is 5.21. The number of epoxide rings is 1. The molecule has 0 saturated carbocycles. The number of nitrogens with zero attached hydrogens (tertiary/aromatic N) is 1. The standard InChI is InChI=1S/C10H15NO3/c1-5(12)13-6-3-7-9-10(14-9)8(4-6)11(7)2/h6-10H,3-4H2,1-2H3/t6?,7-,8+,9?,10?. The van der Waals surface area contributed by atoms with Gasteiger partial charge in [-0.15, -0.1) is 0 Å². The van der Waals surface area contributed by atoms with Gasteiger partial charge in [0.25, 0.3) is 0 Å². The van der Waals surface area contributed by atoms with Gasteiger partial charge in [-0.05, 0) is 7.05 Å². The van der Waals surface area contributed by atoms with Crippen LogP contribution in [-0.4, -0.2) is 48.3 Å². The Morgan fingerprint density at radius 2 is 1.93 bits per heavy atom. The van der Waals surface area contributed by atoms with Crippen molar-refractivity contribution in [2.24, 2.45) is 0 Å². The highest BCUT2D eigenvalue weighted by atomic mass is 16.6. The van der Waals surface area contributed by atoms with Gasteiger partial charge in [0.15, 0.2) is 0 Å². The highest BCUT2D eigenvalue weighted by molar-refractivity contribution is 5.66. The lowest BCUT2D eigenvalue weighted by molar-refractivity contribution is -0.150. The summed E-state index contributed by atoms with van der Waals surface area (Å²) in [4.78, 5) is 13.2. The van der Waals surface area contributed by atoms with Crippen molar-refractivity contribution in [3.05, 3.63) is 0 Å². The first-order chi connectivity index (χ1) is 6.66. The van der Waals surface area contributed by atoms with Crippen LogP contribution < -0.4 is 0 Å². The molecule has 14 heavy (non-hydrogen) atoms. The van der Waals surface area contributed by atoms with Crippen molar-refractivity contribution in [2.75, 3.05) is 7.05 Å². The Kier molecular flexibility index (Phi) is 1.67. The monoisotopic (exact) mass is 197 g/mol. The van der Waals surface area contributed by atoms with E-state index in [1.54, 1.807) is 0 Å². The summed E-state index contributed by atoms with van der Waals surface area (Å²) in [5, 5.41) is 0. The predicted molar refractivity (Wildman–Crippen MR) is 48.8 cm³/mol. The summed E-state index contributed by atoms with van der Waals surface area (Å²) in [6, 6.07) is 0.950. The van der Waals surface area contributed by atoms with Crippen LogP contribution in [-0.2, 0) is 14.3 Å². The maximum atomic E-state index is 10.9. The molecule has 0 amide bonds. The van der Waals surface area contributed by atoms with Crippen molar-refractivity contribution in [3.8, 4) is 0 Å². The van der Waals surface area contributed by atoms with E-state index in [1.165, 1.54) is 6.92 Å². The van der Waals surface area contributed by atoms with E-state index < -0.39 is 0 Å². The van der Waals surface area contributed by atoms with E-state index in [2.05, 4.69) is 11.9 Å². The summed E-state index contributed by atoms with van der Waals surface area (Å²) < 4.78 is 10.8. The van der Waals surface area contributed by atoms with Crippen LogP contribution in [0.15, 0.2) is 0 Å². The maximum absolute atomic E-state index is 10.9. The van der Waals surface area contributed by atoms with Gasteiger partial charge >= 0.3 is 5.97 Å². The third kappa shape index (κ3) is 1.10. The molecule has 3 aliphatic rings. The highest BCUT2D eigenvalue weighted by Gasteiger charge is 2.62. The number of hydrogen-bond donors (Lipinski definition) is 0. The van der Waals surface area contributed by atoms with E-state index in [0.717, 1.165) is 12.8 Å². The fourth-order valence-electron chi connectivity index (χ4n) is 3.03. The van der Waals surface area contributed by atoms with E-state index >= 15 is 0 Å². The van der Waals surface area contributed by atoms with Gasteiger partial charge < -0.3 is 9.47 Å². The molecule has 0 N–H and O–H groups in total. The summed E-state index contributed by atoms with van der Waals surface area (Å²) in [5.74, 6) is -0.159. The largest absolute Gasteiger partial charge is 0.462 e. The van der Waals surface area contributed by atoms with Crippen LogP contribution in [0.4, 0.5) is 0 Å². The molecule has 3 rings (SSSR count). The Balaban J connectivity index is 1.71. The Morgan fingerprint density at radius 3 is 2.43 bits per heavy atom. The molecule has 4 heteroatoms. The van der Waals surface area contributed by atoms with Crippen molar-refractivity contribution in [1.29, 1.82) is 0 Å². The van der Waals surface area contributed by atoms with Crippen LogP contribution in [0.25, 0.3) is 0 Å². The van der Waals surface area contributed by atoms with Gasteiger partial charge in [-0.3, -0.25) is 9.69 Å². The van der Waals surface area contributed by atoms with Crippen LogP contribution in [0.1, 0.15) is 19.8 Å². The molecule has 0 radical (unpaired) electrons. The normalized spacial score (nSPS) is 50.0. The van der Waals surface area contributed by atoms with Crippen molar-refractivity contribution in [2.45, 2.75) is 50.2 Å². The summed E-state index contributed by atoms with van der Waals surface area (Å²) in [6.45, 7) is 1.48. The van der Waals surface area contributed by atoms with Gasteiger partial charge in [0.2, 0.25) is 0 Å². The molecule has 3 heterocycles. The molecule has 2 bridgehead atoms. The van der Waals surface area contributed by atoms with E-state index in [4.69, 9.17) is 9.47 Å². The molecular weight excluding hydrogens is 182 g/mol. The minimum absolute atomic E-state index is 0.120. The van der Waals surface area contributed by atoms with Crippen LogP contribution in [0.5, 0.6) is 0 Å². The maximum Gasteiger partial charge on any atom is 0.302 e. The summed E-state index contributed by atoms with van der Waals surface area (Å²) >= 11 is 0. The summed E-state index contributed by atoms with van der Waals surface area (Å²) in [7, 11) is 2.15. The van der Waals surface area contributed by atoms with Gasteiger partial charge in [-0.1, -0.05) is 0 Å². The molecule has 4 nitrogen and oxygen atoms in total. The van der Waals surface area contributed by atoms with Crippen molar-refractivity contribution in [3.63, 3.8) is 0 Å². The van der Waals surface area contributed by atoms with E-state index in [1.807, 2.05) is 0 Å². The molecular formula is C10H15NO3. The smallest absolute Gasteiger partial charge is 0.302 e. The molecule has 3 unspecified atom stereocenters. The molecule has 0 aliphatic carbocycles. The SMILES string of the molecule is CC(=O)OC1C[C@@H]2C3OC3[C@H](C1)N2C. The lowest BCUT2D eigenvalue weighted by Crippen LogP contribution is -2.47. The van der Waals surface area contributed by atoms with E-state index in [-0.39, 0.29) is 12.1 Å². The summed E-state index contributed by atoms with van der Waals surface area (Å²) in [6.07, 6.45) is 2.84. The van der Waals surface area contributed by atoms with Crippen molar-refractivity contribution >= 4 is 5.97 Å². The van der Waals surface area contributed by atoms with Gasteiger partial charge in [-0.25, -0.2) is 0 Å². The fraction of sp³-hybridized carbons (Fsp3) is 0.900. The Labute approximate surface area is 83.2 Å². The van der Waals surface area contributed by atoms with Crippen molar-refractivity contribution < 1.29 is 14.3 Å².